The molecular formula is C14H17N3O2S. The molecule has 106 valence electrons. The number of nitrogens with zero attached hydrogens (tertiary/aromatic N) is 2. The lowest BCUT2D eigenvalue weighted by Crippen LogP contribution is -2.26. The first-order chi connectivity index (χ1) is 9.51. The van der Waals surface area contributed by atoms with E-state index < -0.39 is 0 Å². The largest absolute Gasteiger partial charge is 0.496 e. The van der Waals surface area contributed by atoms with Gasteiger partial charge in [-0.25, -0.2) is 4.98 Å². The molecule has 20 heavy (non-hydrogen) atoms. The van der Waals surface area contributed by atoms with Crippen molar-refractivity contribution in [1.82, 2.24) is 9.88 Å². The van der Waals surface area contributed by atoms with E-state index in [2.05, 4.69) is 4.98 Å². The molecule has 2 N–H and O–H groups in total. The van der Waals surface area contributed by atoms with Gasteiger partial charge in [0.2, 0.25) is 0 Å². The van der Waals surface area contributed by atoms with Crippen molar-refractivity contribution < 1.29 is 9.53 Å². The molecule has 2 rings (SSSR count). The molecule has 1 aromatic carbocycles. The fourth-order valence-electron chi connectivity index (χ4n) is 1.94. The molecule has 1 amide bonds. The number of rotatable bonds is 4. The van der Waals surface area contributed by atoms with E-state index in [-0.39, 0.29) is 5.91 Å². The summed E-state index contributed by atoms with van der Waals surface area (Å²) in [5.41, 5.74) is 8.02. The molecule has 6 heteroatoms. The Morgan fingerprint density at radius 2 is 2.25 bits per heavy atom. The Morgan fingerprint density at radius 3 is 2.85 bits per heavy atom. The molecule has 0 aliphatic heterocycles. The highest BCUT2D eigenvalue weighted by atomic mass is 32.1. The van der Waals surface area contributed by atoms with Gasteiger partial charge >= 0.3 is 0 Å². The van der Waals surface area contributed by atoms with E-state index in [1.54, 1.807) is 24.4 Å². The van der Waals surface area contributed by atoms with Gasteiger partial charge in [0.1, 0.15) is 11.4 Å². The molecule has 0 atom stereocenters. The number of methoxy groups -OCH3 is 1. The molecule has 0 saturated carbocycles. The summed E-state index contributed by atoms with van der Waals surface area (Å²) in [4.78, 5) is 17.8. The number of carbonyl (C=O) groups is 1. The van der Waals surface area contributed by atoms with Gasteiger partial charge in [-0.1, -0.05) is 17.7 Å². The van der Waals surface area contributed by atoms with Crippen LogP contribution in [-0.4, -0.2) is 29.9 Å². The van der Waals surface area contributed by atoms with Gasteiger partial charge in [-0.2, -0.15) is 0 Å². The van der Waals surface area contributed by atoms with Gasteiger partial charge < -0.3 is 15.4 Å². The third-order valence-electron chi connectivity index (χ3n) is 2.93. The van der Waals surface area contributed by atoms with E-state index in [0.717, 1.165) is 16.9 Å². The second-order valence-corrected chi connectivity index (χ2v) is 5.44. The predicted octanol–water partition coefficient (Wildman–Crippen LogP) is 2.31. The molecule has 1 heterocycles. The lowest BCUT2D eigenvalue weighted by molar-refractivity contribution is 0.0779. The number of amides is 1. The first-order valence-electron chi connectivity index (χ1n) is 6.11. The normalized spacial score (nSPS) is 10.3. The van der Waals surface area contributed by atoms with Gasteiger partial charge in [-0.3, -0.25) is 4.79 Å². The molecule has 0 fully saturated rings. The molecule has 2 aromatic rings. The van der Waals surface area contributed by atoms with Crippen molar-refractivity contribution >= 4 is 22.4 Å². The molecule has 0 bridgehead atoms. The van der Waals surface area contributed by atoms with Crippen LogP contribution in [0.2, 0.25) is 0 Å². The fourth-order valence-corrected chi connectivity index (χ4v) is 2.48. The number of anilines is 1. The Balaban J connectivity index is 2.17. The lowest BCUT2D eigenvalue weighted by atomic mass is 10.1. The summed E-state index contributed by atoms with van der Waals surface area (Å²) in [6, 6.07) is 5.90. The predicted molar refractivity (Wildman–Crippen MR) is 80.1 cm³/mol. The van der Waals surface area contributed by atoms with Crippen molar-refractivity contribution in [2.75, 3.05) is 19.9 Å². The zero-order chi connectivity index (χ0) is 14.7. The Labute approximate surface area is 122 Å². The zero-order valence-electron chi connectivity index (χ0n) is 11.7. The zero-order valence-corrected chi connectivity index (χ0v) is 12.5. The summed E-state index contributed by atoms with van der Waals surface area (Å²) in [6.45, 7) is 2.47. The second-order valence-electron chi connectivity index (χ2n) is 4.55. The third kappa shape index (κ3) is 3.08. The van der Waals surface area contributed by atoms with Crippen LogP contribution in [0, 0.1) is 6.92 Å². The highest BCUT2D eigenvalue weighted by molar-refractivity contribution is 7.13. The number of nitrogen functional groups attached to an aromatic ring is 1. The van der Waals surface area contributed by atoms with Crippen molar-refractivity contribution in [2.45, 2.75) is 13.5 Å². The number of hydrogen-bond acceptors (Lipinski definition) is 5. The SMILES string of the molecule is COc1ccc(C)cc1CN(C)C(=O)c1csc(N)n1. The van der Waals surface area contributed by atoms with E-state index in [4.69, 9.17) is 10.5 Å². The summed E-state index contributed by atoms with van der Waals surface area (Å²) in [5.74, 6) is 0.620. The third-order valence-corrected chi connectivity index (χ3v) is 3.61. The maximum Gasteiger partial charge on any atom is 0.273 e. The van der Waals surface area contributed by atoms with Crippen LogP contribution in [0.5, 0.6) is 5.75 Å². The molecule has 0 unspecified atom stereocenters. The van der Waals surface area contributed by atoms with Gasteiger partial charge in [0, 0.05) is 24.5 Å². The smallest absolute Gasteiger partial charge is 0.273 e. The molecule has 5 nitrogen and oxygen atoms in total. The van der Waals surface area contributed by atoms with Gasteiger partial charge in [-0.05, 0) is 13.0 Å². The van der Waals surface area contributed by atoms with Gasteiger partial charge in [-0.15, -0.1) is 11.3 Å². The van der Waals surface area contributed by atoms with E-state index in [9.17, 15) is 4.79 Å². The Morgan fingerprint density at radius 1 is 1.50 bits per heavy atom. The number of thiazole rings is 1. The minimum Gasteiger partial charge on any atom is -0.496 e. The number of aromatic nitrogens is 1. The number of hydrogen-bond donors (Lipinski definition) is 1. The van der Waals surface area contributed by atoms with Crippen molar-refractivity contribution in [2.24, 2.45) is 0 Å². The van der Waals surface area contributed by atoms with Crippen LogP contribution in [0.4, 0.5) is 5.13 Å². The van der Waals surface area contributed by atoms with E-state index in [0.29, 0.717) is 17.4 Å². The highest BCUT2D eigenvalue weighted by Gasteiger charge is 2.16. The standard InChI is InChI=1S/C14H17N3O2S/c1-9-4-5-12(19-3)10(6-9)7-17(2)13(18)11-8-20-14(15)16-11/h4-6,8H,7H2,1-3H3,(H2,15,16). The topological polar surface area (TPSA) is 68.5 Å². The lowest BCUT2D eigenvalue weighted by Gasteiger charge is -2.18. The quantitative estimate of drug-likeness (QED) is 0.938. The van der Waals surface area contributed by atoms with E-state index in [1.807, 2.05) is 25.1 Å². The summed E-state index contributed by atoms with van der Waals surface area (Å²) in [5, 5.41) is 2.07. The highest BCUT2D eigenvalue weighted by Crippen LogP contribution is 2.22. The average molecular weight is 291 g/mol. The van der Waals surface area contributed by atoms with Crippen LogP contribution in [-0.2, 0) is 6.54 Å². The summed E-state index contributed by atoms with van der Waals surface area (Å²) >= 11 is 1.26. The maximum absolute atomic E-state index is 12.2. The summed E-state index contributed by atoms with van der Waals surface area (Å²) < 4.78 is 5.32. The summed E-state index contributed by atoms with van der Waals surface area (Å²) in [7, 11) is 3.36. The Bertz CT molecular complexity index is 625. The van der Waals surface area contributed by atoms with Crippen LogP contribution < -0.4 is 10.5 Å². The van der Waals surface area contributed by atoms with Crippen molar-refractivity contribution in [3.63, 3.8) is 0 Å². The number of aryl methyl sites for hydroxylation is 1. The van der Waals surface area contributed by atoms with Crippen LogP contribution >= 0.6 is 11.3 Å². The first-order valence-corrected chi connectivity index (χ1v) is 6.99. The van der Waals surface area contributed by atoms with Crippen LogP contribution in [0.25, 0.3) is 0 Å². The number of carbonyl (C=O) groups excluding carboxylic acids is 1. The van der Waals surface area contributed by atoms with Crippen molar-refractivity contribution in [3.05, 3.63) is 40.4 Å². The molecule has 0 aliphatic rings. The minimum absolute atomic E-state index is 0.151. The Kier molecular flexibility index (Phi) is 4.24. The van der Waals surface area contributed by atoms with Crippen LogP contribution in [0.15, 0.2) is 23.6 Å². The average Bonchev–Trinajstić information content (AvgIpc) is 2.84. The molecular weight excluding hydrogens is 274 g/mol. The monoisotopic (exact) mass is 291 g/mol. The minimum atomic E-state index is -0.151. The molecule has 0 spiro atoms. The molecule has 0 saturated heterocycles. The molecule has 0 radical (unpaired) electrons. The van der Waals surface area contributed by atoms with E-state index in [1.165, 1.54) is 11.3 Å². The maximum atomic E-state index is 12.2. The van der Waals surface area contributed by atoms with E-state index >= 15 is 0 Å². The summed E-state index contributed by atoms with van der Waals surface area (Å²) in [6.07, 6.45) is 0. The van der Waals surface area contributed by atoms with Gasteiger partial charge in [0.05, 0.1) is 7.11 Å². The van der Waals surface area contributed by atoms with Crippen LogP contribution in [0.3, 0.4) is 0 Å². The van der Waals surface area contributed by atoms with Crippen LogP contribution in [0.1, 0.15) is 21.6 Å². The second kappa shape index (κ2) is 5.92. The Hall–Kier alpha value is -2.08. The first kappa shape index (κ1) is 14.3. The number of nitrogens with two attached hydrogens (primary N) is 1. The van der Waals surface area contributed by atoms with Gasteiger partial charge in [0.15, 0.2) is 5.13 Å². The number of ether oxygens (including phenoxy) is 1. The molecule has 1 aromatic heterocycles. The fraction of sp³-hybridized carbons (Fsp3) is 0.286. The number of benzene rings is 1. The molecule has 0 aliphatic carbocycles. The van der Waals surface area contributed by atoms with Crippen molar-refractivity contribution in [3.8, 4) is 5.75 Å². The van der Waals surface area contributed by atoms with Crippen molar-refractivity contribution in [1.29, 1.82) is 0 Å². The van der Waals surface area contributed by atoms with Gasteiger partial charge in [0.25, 0.3) is 5.91 Å².